The van der Waals surface area contributed by atoms with Gasteiger partial charge in [0.25, 0.3) is 0 Å². The normalized spacial score (nSPS) is 17.0. The largest absolute Gasteiger partial charge is 0.396 e. The van der Waals surface area contributed by atoms with E-state index in [1.54, 1.807) is 0 Å². The first-order valence-electron chi connectivity index (χ1n) is 6.81. The summed E-state index contributed by atoms with van der Waals surface area (Å²) >= 11 is 0. The van der Waals surface area contributed by atoms with E-state index in [9.17, 15) is 0 Å². The average molecular weight is 233 g/mol. The molecule has 1 aliphatic rings. The van der Waals surface area contributed by atoms with Crippen molar-refractivity contribution in [2.45, 2.75) is 38.1 Å². The molecule has 0 aliphatic heterocycles. The maximum Gasteiger partial charge on any atom is 0.0431 e. The second-order valence-electron chi connectivity index (χ2n) is 4.96. The fourth-order valence-corrected chi connectivity index (χ4v) is 2.32. The molecule has 1 aromatic rings. The zero-order valence-corrected chi connectivity index (χ0v) is 10.4. The van der Waals surface area contributed by atoms with Crippen molar-refractivity contribution in [2.75, 3.05) is 13.2 Å². The summed E-state index contributed by atoms with van der Waals surface area (Å²) in [7, 11) is 0. The number of hydrogen-bond donors (Lipinski definition) is 2. The number of nitrogens with one attached hydrogen (secondary N) is 1. The highest BCUT2D eigenvalue weighted by Crippen LogP contribution is 2.40. The molecule has 1 fully saturated rings. The van der Waals surface area contributed by atoms with E-state index in [0.717, 1.165) is 31.7 Å². The molecule has 1 atom stereocenters. The first-order chi connectivity index (χ1) is 8.42. The Morgan fingerprint density at radius 3 is 2.53 bits per heavy atom. The summed E-state index contributed by atoms with van der Waals surface area (Å²) in [5.74, 6) is 0.843. The molecule has 2 heteroatoms. The van der Waals surface area contributed by atoms with Gasteiger partial charge >= 0.3 is 0 Å². The first kappa shape index (κ1) is 12.6. The molecule has 1 unspecified atom stereocenters. The molecular weight excluding hydrogens is 210 g/mol. The van der Waals surface area contributed by atoms with Crippen LogP contribution < -0.4 is 5.32 Å². The summed E-state index contributed by atoms with van der Waals surface area (Å²) in [5.41, 5.74) is 1.43. The number of benzene rings is 1. The molecule has 0 heterocycles. The van der Waals surface area contributed by atoms with Crippen LogP contribution >= 0.6 is 0 Å². The Morgan fingerprint density at radius 1 is 1.12 bits per heavy atom. The molecule has 2 nitrogen and oxygen atoms in total. The zero-order chi connectivity index (χ0) is 11.9. The van der Waals surface area contributed by atoms with Crippen LogP contribution in [-0.2, 0) is 0 Å². The van der Waals surface area contributed by atoms with E-state index in [1.165, 1.54) is 18.4 Å². The number of aliphatic hydroxyl groups is 1. The van der Waals surface area contributed by atoms with E-state index in [4.69, 9.17) is 5.11 Å². The Hall–Kier alpha value is -0.860. The Bertz CT molecular complexity index is 308. The molecule has 0 saturated heterocycles. The van der Waals surface area contributed by atoms with E-state index in [1.807, 2.05) is 0 Å². The van der Waals surface area contributed by atoms with Crippen LogP contribution in [0.5, 0.6) is 0 Å². The van der Waals surface area contributed by atoms with Crippen LogP contribution in [0.25, 0.3) is 0 Å². The van der Waals surface area contributed by atoms with Crippen LogP contribution in [0.15, 0.2) is 30.3 Å². The average Bonchev–Trinajstić information content (AvgIpc) is 3.19. The lowest BCUT2D eigenvalue weighted by molar-refractivity contribution is 0.282. The molecule has 0 spiro atoms. The predicted octanol–water partition coefficient (Wildman–Crippen LogP) is 2.89. The maximum atomic E-state index is 8.73. The highest BCUT2D eigenvalue weighted by Gasteiger charge is 2.31. The smallest absolute Gasteiger partial charge is 0.0431 e. The zero-order valence-electron chi connectivity index (χ0n) is 10.4. The predicted molar refractivity (Wildman–Crippen MR) is 70.8 cm³/mol. The van der Waals surface area contributed by atoms with Crippen LogP contribution in [0.3, 0.4) is 0 Å². The molecule has 0 aromatic heterocycles. The highest BCUT2D eigenvalue weighted by atomic mass is 16.2. The molecule has 0 radical (unpaired) electrons. The van der Waals surface area contributed by atoms with Gasteiger partial charge in [-0.05, 0) is 50.1 Å². The van der Waals surface area contributed by atoms with E-state index >= 15 is 0 Å². The minimum atomic E-state index is 0.324. The van der Waals surface area contributed by atoms with Gasteiger partial charge < -0.3 is 10.4 Å². The lowest BCUT2D eigenvalue weighted by Gasteiger charge is -2.18. The standard InChI is InChI=1S/C15H23NO/c17-12-6-2-5-11-16-15(14-9-10-14)13-7-3-1-4-8-13/h1,3-4,7-8,14-17H,2,5-6,9-12H2. The molecular formula is C15H23NO. The third kappa shape index (κ3) is 4.14. The van der Waals surface area contributed by atoms with E-state index in [2.05, 4.69) is 35.6 Å². The van der Waals surface area contributed by atoms with Gasteiger partial charge in [0.1, 0.15) is 0 Å². The van der Waals surface area contributed by atoms with Gasteiger partial charge in [-0.2, -0.15) is 0 Å². The van der Waals surface area contributed by atoms with Gasteiger partial charge in [0, 0.05) is 12.6 Å². The topological polar surface area (TPSA) is 32.3 Å². The Balaban J connectivity index is 1.78. The fraction of sp³-hybridized carbons (Fsp3) is 0.600. The minimum Gasteiger partial charge on any atom is -0.396 e. The van der Waals surface area contributed by atoms with Crippen LogP contribution in [0.2, 0.25) is 0 Å². The third-order valence-electron chi connectivity index (χ3n) is 3.45. The SMILES string of the molecule is OCCCCCNC(c1ccccc1)C1CC1. The summed E-state index contributed by atoms with van der Waals surface area (Å²) in [6.07, 6.45) is 5.94. The Labute approximate surface area is 104 Å². The van der Waals surface area contributed by atoms with Crippen LogP contribution in [0.1, 0.15) is 43.7 Å². The fourth-order valence-electron chi connectivity index (χ4n) is 2.32. The molecule has 2 N–H and O–H groups in total. The summed E-state index contributed by atoms with van der Waals surface area (Å²) in [5, 5.41) is 12.4. The van der Waals surface area contributed by atoms with Gasteiger partial charge in [-0.3, -0.25) is 0 Å². The van der Waals surface area contributed by atoms with Gasteiger partial charge in [0.2, 0.25) is 0 Å². The number of unbranched alkanes of at least 4 members (excludes halogenated alkanes) is 2. The lowest BCUT2D eigenvalue weighted by Crippen LogP contribution is -2.24. The Morgan fingerprint density at radius 2 is 1.88 bits per heavy atom. The number of hydrogen-bond acceptors (Lipinski definition) is 2. The molecule has 94 valence electrons. The van der Waals surface area contributed by atoms with Crippen molar-refractivity contribution in [2.24, 2.45) is 5.92 Å². The Kier molecular flexibility index (Phi) is 5.02. The quantitative estimate of drug-likeness (QED) is 0.677. The highest BCUT2D eigenvalue weighted by molar-refractivity contribution is 5.21. The monoisotopic (exact) mass is 233 g/mol. The molecule has 1 aromatic carbocycles. The molecule has 1 aliphatic carbocycles. The summed E-state index contributed by atoms with van der Waals surface area (Å²) in [6, 6.07) is 11.3. The number of rotatable bonds is 8. The summed E-state index contributed by atoms with van der Waals surface area (Å²) in [4.78, 5) is 0. The van der Waals surface area contributed by atoms with Gasteiger partial charge in [-0.1, -0.05) is 30.3 Å². The van der Waals surface area contributed by atoms with E-state index in [0.29, 0.717) is 12.6 Å². The van der Waals surface area contributed by atoms with Crippen LogP contribution in [0.4, 0.5) is 0 Å². The van der Waals surface area contributed by atoms with Gasteiger partial charge in [0.05, 0.1) is 0 Å². The van der Waals surface area contributed by atoms with Crippen molar-refractivity contribution < 1.29 is 5.11 Å². The van der Waals surface area contributed by atoms with Crippen LogP contribution in [0, 0.1) is 5.92 Å². The van der Waals surface area contributed by atoms with Crippen molar-refractivity contribution in [3.8, 4) is 0 Å². The summed E-state index contributed by atoms with van der Waals surface area (Å²) in [6.45, 7) is 1.39. The second-order valence-corrected chi connectivity index (χ2v) is 4.96. The van der Waals surface area contributed by atoms with E-state index < -0.39 is 0 Å². The molecule has 2 rings (SSSR count). The molecule has 17 heavy (non-hydrogen) atoms. The molecule has 0 amide bonds. The van der Waals surface area contributed by atoms with Gasteiger partial charge in [-0.15, -0.1) is 0 Å². The van der Waals surface area contributed by atoms with Crippen molar-refractivity contribution in [1.29, 1.82) is 0 Å². The number of aliphatic hydroxyl groups excluding tert-OH is 1. The summed E-state index contributed by atoms with van der Waals surface area (Å²) < 4.78 is 0. The van der Waals surface area contributed by atoms with E-state index in [-0.39, 0.29) is 0 Å². The molecule has 0 bridgehead atoms. The van der Waals surface area contributed by atoms with Crippen molar-refractivity contribution in [1.82, 2.24) is 5.32 Å². The minimum absolute atomic E-state index is 0.324. The second kappa shape index (κ2) is 6.77. The van der Waals surface area contributed by atoms with Crippen molar-refractivity contribution in [3.05, 3.63) is 35.9 Å². The first-order valence-corrected chi connectivity index (χ1v) is 6.81. The van der Waals surface area contributed by atoms with Crippen molar-refractivity contribution >= 4 is 0 Å². The molecule has 1 saturated carbocycles. The maximum absolute atomic E-state index is 8.73. The van der Waals surface area contributed by atoms with Crippen molar-refractivity contribution in [3.63, 3.8) is 0 Å². The van der Waals surface area contributed by atoms with Gasteiger partial charge in [0.15, 0.2) is 0 Å². The third-order valence-corrected chi connectivity index (χ3v) is 3.45. The lowest BCUT2D eigenvalue weighted by atomic mass is 10.0. The van der Waals surface area contributed by atoms with Crippen LogP contribution in [-0.4, -0.2) is 18.3 Å². The van der Waals surface area contributed by atoms with Gasteiger partial charge in [-0.25, -0.2) is 0 Å².